The van der Waals surface area contributed by atoms with Crippen molar-refractivity contribution < 1.29 is 14.5 Å². The van der Waals surface area contributed by atoms with E-state index in [-0.39, 0.29) is 11.5 Å². The maximum Gasteiger partial charge on any atom is 0.271 e. The second-order valence-corrected chi connectivity index (χ2v) is 5.71. The maximum absolute atomic E-state index is 12.6. The highest BCUT2D eigenvalue weighted by molar-refractivity contribution is 6.06. The van der Waals surface area contributed by atoms with Crippen LogP contribution in [0.4, 0.5) is 17.1 Å². The number of nitrogens with zero attached hydrogens (tertiary/aromatic N) is 1. The third-order valence-corrected chi connectivity index (χ3v) is 4.05. The molecule has 2 aromatic carbocycles. The third-order valence-electron chi connectivity index (χ3n) is 4.05. The first-order valence-electron chi connectivity index (χ1n) is 7.37. The number of anilines is 2. The van der Waals surface area contributed by atoms with Crippen LogP contribution in [-0.4, -0.2) is 10.7 Å². The van der Waals surface area contributed by atoms with Crippen molar-refractivity contribution in [3.63, 3.8) is 0 Å². The van der Waals surface area contributed by atoms with Gasteiger partial charge in [-0.25, -0.2) is 0 Å². The maximum atomic E-state index is 12.6. The molecule has 0 amide bonds. The highest BCUT2D eigenvalue weighted by Crippen LogP contribution is 2.40. The number of fused-ring (bicyclic) bond motifs is 1. The lowest BCUT2D eigenvalue weighted by atomic mass is 10.0. The number of hydrogen-bond donors (Lipinski definition) is 2. The molecule has 0 radical (unpaired) electrons. The van der Waals surface area contributed by atoms with Gasteiger partial charge >= 0.3 is 0 Å². The number of rotatable bonds is 2. The van der Waals surface area contributed by atoms with Gasteiger partial charge in [0.2, 0.25) is 11.7 Å². The molecule has 7 nitrogen and oxygen atoms in total. The Kier molecular flexibility index (Phi) is 3.02. The van der Waals surface area contributed by atoms with Gasteiger partial charge in [0.05, 0.1) is 16.3 Å². The van der Waals surface area contributed by atoms with Gasteiger partial charge in [0.1, 0.15) is 5.70 Å². The van der Waals surface area contributed by atoms with E-state index >= 15 is 0 Å². The highest BCUT2D eigenvalue weighted by atomic mass is 16.6. The van der Waals surface area contributed by atoms with Crippen molar-refractivity contribution in [2.24, 2.45) is 0 Å². The predicted molar refractivity (Wildman–Crippen MR) is 87.4 cm³/mol. The molecule has 0 spiro atoms. The highest BCUT2D eigenvalue weighted by Gasteiger charge is 2.39. The van der Waals surface area contributed by atoms with Gasteiger partial charge in [0, 0.05) is 17.7 Å². The summed E-state index contributed by atoms with van der Waals surface area (Å²) in [6.45, 7) is 1.97. The van der Waals surface area contributed by atoms with Gasteiger partial charge < -0.3 is 15.4 Å². The van der Waals surface area contributed by atoms with Crippen molar-refractivity contribution in [3.8, 4) is 0 Å². The molecule has 7 heteroatoms. The Labute approximate surface area is 137 Å². The van der Waals surface area contributed by atoms with Gasteiger partial charge in [-0.3, -0.25) is 14.9 Å². The number of ether oxygens (including phenoxy) is 1. The summed E-state index contributed by atoms with van der Waals surface area (Å²) in [5.41, 5.74) is 3.26. The van der Waals surface area contributed by atoms with Crippen LogP contribution in [-0.2, 0) is 9.53 Å². The van der Waals surface area contributed by atoms with Crippen molar-refractivity contribution in [1.29, 1.82) is 0 Å². The Balaban J connectivity index is 1.64. The lowest BCUT2D eigenvalue weighted by Crippen LogP contribution is -2.18. The summed E-state index contributed by atoms with van der Waals surface area (Å²) in [5, 5.41) is 16.9. The first-order chi connectivity index (χ1) is 11.5. The molecule has 0 saturated carbocycles. The Morgan fingerprint density at radius 1 is 1.08 bits per heavy atom. The number of nitrogens with one attached hydrogen (secondary N) is 2. The zero-order chi connectivity index (χ0) is 16.8. The van der Waals surface area contributed by atoms with E-state index in [0.29, 0.717) is 23.0 Å². The van der Waals surface area contributed by atoms with Gasteiger partial charge in [-0.1, -0.05) is 29.8 Å². The van der Waals surface area contributed by atoms with Crippen LogP contribution in [0.5, 0.6) is 0 Å². The van der Waals surface area contributed by atoms with Crippen molar-refractivity contribution in [1.82, 2.24) is 0 Å². The third kappa shape index (κ3) is 2.18. The number of carbonyl (C=O) groups is 1. The fourth-order valence-electron chi connectivity index (χ4n) is 2.76. The molecule has 2 aliphatic heterocycles. The Morgan fingerprint density at radius 2 is 1.83 bits per heavy atom. The summed E-state index contributed by atoms with van der Waals surface area (Å²) in [4.78, 5) is 23.0. The van der Waals surface area contributed by atoms with E-state index in [1.165, 1.54) is 12.1 Å². The van der Waals surface area contributed by atoms with Crippen LogP contribution >= 0.6 is 0 Å². The molecular formula is C17H13N3O4. The summed E-state index contributed by atoms with van der Waals surface area (Å²) in [6.07, 6.45) is -0.722. The SMILES string of the molecule is Cc1ccc(C2OC3=C(Nc4ccc([N+](=O)[O-])cc4N3)C2=O)cc1. The molecule has 120 valence electrons. The molecule has 1 unspecified atom stereocenters. The fraction of sp³-hybridized carbons (Fsp3) is 0.118. The van der Waals surface area contributed by atoms with Crippen molar-refractivity contribution >= 4 is 22.8 Å². The number of non-ortho nitro benzene ring substituents is 1. The van der Waals surface area contributed by atoms with Crippen molar-refractivity contribution in [3.05, 3.63) is 75.3 Å². The van der Waals surface area contributed by atoms with Crippen LogP contribution in [0.1, 0.15) is 17.2 Å². The van der Waals surface area contributed by atoms with Gasteiger partial charge in [0.15, 0.2) is 6.10 Å². The molecule has 0 saturated heterocycles. The lowest BCUT2D eigenvalue weighted by Gasteiger charge is -2.19. The second kappa shape index (κ2) is 5.09. The fourth-order valence-corrected chi connectivity index (χ4v) is 2.76. The number of hydrogen-bond acceptors (Lipinski definition) is 6. The van der Waals surface area contributed by atoms with Gasteiger partial charge in [-0.15, -0.1) is 0 Å². The lowest BCUT2D eigenvalue weighted by molar-refractivity contribution is -0.384. The van der Waals surface area contributed by atoms with Crippen LogP contribution < -0.4 is 10.6 Å². The zero-order valence-electron chi connectivity index (χ0n) is 12.7. The number of benzene rings is 2. The number of nitro groups is 1. The second-order valence-electron chi connectivity index (χ2n) is 5.71. The summed E-state index contributed by atoms with van der Waals surface area (Å²) >= 11 is 0. The molecule has 0 aliphatic carbocycles. The number of Topliss-reactive ketones (excluding diaryl/α,β-unsaturated/α-hetero) is 1. The zero-order valence-corrected chi connectivity index (χ0v) is 12.7. The van der Waals surface area contributed by atoms with E-state index in [0.717, 1.165) is 11.1 Å². The number of carbonyl (C=O) groups excluding carboxylic acids is 1. The Hall–Kier alpha value is -3.35. The van der Waals surface area contributed by atoms with Gasteiger partial charge in [-0.2, -0.15) is 0 Å². The minimum absolute atomic E-state index is 0.0356. The minimum atomic E-state index is -0.722. The summed E-state index contributed by atoms with van der Waals surface area (Å²) in [5.74, 6) is 0.115. The average molecular weight is 323 g/mol. The quantitative estimate of drug-likeness (QED) is 0.651. The first-order valence-corrected chi connectivity index (χ1v) is 7.37. The topological polar surface area (TPSA) is 93.5 Å². The van der Waals surface area contributed by atoms with E-state index in [9.17, 15) is 14.9 Å². The minimum Gasteiger partial charge on any atom is -0.461 e. The number of nitro benzene ring substituents is 1. The van der Waals surface area contributed by atoms with Crippen LogP contribution in [0.3, 0.4) is 0 Å². The van der Waals surface area contributed by atoms with E-state index in [1.54, 1.807) is 6.07 Å². The molecule has 4 rings (SSSR count). The molecular weight excluding hydrogens is 310 g/mol. The first kappa shape index (κ1) is 14.3. The van der Waals surface area contributed by atoms with E-state index < -0.39 is 11.0 Å². The van der Waals surface area contributed by atoms with Crippen LogP contribution in [0.15, 0.2) is 54.0 Å². The van der Waals surface area contributed by atoms with E-state index in [4.69, 9.17) is 4.74 Å². The summed E-state index contributed by atoms with van der Waals surface area (Å²) in [7, 11) is 0. The van der Waals surface area contributed by atoms with E-state index in [1.807, 2.05) is 31.2 Å². The van der Waals surface area contributed by atoms with Crippen LogP contribution in [0.25, 0.3) is 0 Å². The molecule has 0 aromatic heterocycles. The summed E-state index contributed by atoms with van der Waals surface area (Å²) < 4.78 is 5.75. The average Bonchev–Trinajstić information content (AvgIpc) is 2.89. The Morgan fingerprint density at radius 3 is 2.54 bits per heavy atom. The monoisotopic (exact) mass is 323 g/mol. The molecule has 2 aliphatic rings. The normalized spacial score (nSPS) is 18.2. The number of aryl methyl sites for hydroxylation is 1. The van der Waals surface area contributed by atoms with Crippen molar-refractivity contribution in [2.45, 2.75) is 13.0 Å². The van der Waals surface area contributed by atoms with Crippen LogP contribution in [0.2, 0.25) is 0 Å². The van der Waals surface area contributed by atoms with Gasteiger partial charge in [-0.05, 0) is 13.0 Å². The molecule has 2 N–H and O–H groups in total. The van der Waals surface area contributed by atoms with Crippen molar-refractivity contribution in [2.75, 3.05) is 10.6 Å². The van der Waals surface area contributed by atoms with Crippen LogP contribution in [0, 0.1) is 17.0 Å². The molecule has 0 fully saturated rings. The molecule has 0 bridgehead atoms. The standard InChI is InChI=1S/C17H13N3O4/c1-9-2-4-10(5-3-9)16-15(21)14-17(24-16)19-13-8-11(20(22)23)6-7-12(13)18-14/h2-8,16,18-19H,1H3. The largest absolute Gasteiger partial charge is 0.461 e. The molecule has 2 heterocycles. The molecule has 1 atom stereocenters. The molecule has 24 heavy (non-hydrogen) atoms. The Bertz CT molecular complexity index is 903. The van der Waals surface area contributed by atoms with Gasteiger partial charge in [0.25, 0.3) is 5.69 Å². The molecule has 2 aromatic rings. The van der Waals surface area contributed by atoms with E-state index in [2.05, 4.69) is 10.6 Å². The smallest absolute Gasteiger partial charge is 0.271 e. The predicted octanol–water partition coefficient (Wildman–Crippen LogP) is 3.25. The number of ketones is 1. The summed E-state index contributed by atoms with van der Waals surface area (Å²) in [6, 6.07) is 11.9.